The van der Waals surface area contributed by atoms with Crippen molar-refractivity contribution in [3.63, 3.8) is 0 Å². The van der Waals surface area contributed by atoms with E-state index < -0.39 is 0 Å². The molecule has 0 spiro atoms. The summed E-state index contributed by atoms with van der Waals surface area (Å²) >= 11 is 0. The molecule has 0 saturated carbocycles. The monoisotopic (exact) mass is 346 g/mol. The molecule has 2 rings (SSSR count). The normalized spacial score (nSPS) is 14.2. The minimum Gasteiger partial charge on any atom is -0.343 e. The number of carbonyl (C=O) groups excluding carboxylic acids is 3. The molecule has 7 heteroatoms. The Morgan fingerprint density at radius 2 is 1.60 bits per heavy atom. The first-order valence-electron chi connectivity index (χ1n) is 8.39. The van der Waals surface area contributed by atoms with Gasteiger partial charge in [0.05, 0.1) is 6.54 Å². The Hall–Kier alpha value is -2.57. The molecule has 1 aromatic carbocycles. The molecule has 1 fully saturated rings. The molecule has 7 nitrogen and oxygen atoms in total. The van der Waals surface area contributed by atoms with E-state index in [2.05, 4.69) is 5.32 Å². The average molecular weight is 346 g/mol. The Balaban J connectivity index is 1.82. The fraction of sp³-hybridized carbons (Fsp3) is 0.500. The summed E-state index contributed by atoms with van der Waals surface area (Å²) in [6, 6.07) is 5.43. The summed E-state index contributed by atoms with van der Waals surface area (Å²) in [5, 5.41) is 2.68. The number of hydrogen-bond donors (Lipinski definition) is 1. The number of urea groups is 1. The van der Waals surface area contributed by atoms with Gasteiger partial charge < -0.3 is 20.0 Å². The van der Waals surface area contributed by atoms with Crippen LogP contribution >= 0.6 is 0 Å². The van der Waals surface area contributed by atoms with Crippen molar-refractivity contribution >= 4 is 17.8 Å². The van der Waals surface area contributed by atoms with Crippen molar-refractivity contribution in [3.8, 4) is 0 Å². The number of aryl methyl sites for hydroxylation is 2. The predicted octanol–water partition coefficient (Wildman–Crippen LogP) is 0.859. The molecule has 1 aliphatic heterocycles. The molecule has 0 unspecified atom stereocenters. The Morgan fingerprint density at radius 1 is 1.00 bits per heavy atom. The fourth-order valence-electron chi connectivity index (χ4n) is 2.68. The summed E-state index contributed by atoms with van der Waals surface area (Å²) in [7, 11) is 3.42. The van der Waals surface area contributed by atoms with Crippen LogP contribution in [0.15, 0.2) is 18.2 Å². The highest BCUT2D eigenvalue weighted by Gasteiger charge is 2.25. The third kappa shape index (κ3) is 4.71. The third-order valence-electron chi connectivity index (χ3n) is 4.45. The van der Waals surface area contributed by atoms with E-state index in [0.29, 0.717) is 31.7 Å². The predicted molar refractivity (Wildman–Crippen MR) is 95.5 cm³/mol. The fourth-order valence-corrected chi connectivity index (χ4v) is 2.68. The van der Waals surface area contributed by atoms with Crippen LogP contribution in [-0.2, 0) is 4.79 Å². The topological polar surface area (TPSA) is 73.0 Å². The highest BCUT2D eigenvalue weighted by atomic mass is 16.2. The van der Waals surface area contributed by atoms with Crippen LogP contribution in [0.1, 0.15) is 21.5 Å². The Bertz CT molecular complexity index is 664. The van der Waals surface area contributed by atoms with Crippen molar-refractivity contribution in [2.45, 2.75) is 13.8 Å². The molecular formula is C18H26N4O3. The largest absolute Gasteiger partial charge is 0.343 e. The highest BCUT2D eigenvalue weighted by Crippen LogP contribution is 2.10. The minimum atomic E-state index is -0.252. The first-order chi connectivity index (χ1) is 11.8. The summed E-state index contributed by atoms with van der Waals surface area (Å²) in [5.74, 6) is -0.382. The van der Waals surface area contributed by atoms with Crippen LogP contribution in [0, 0.1) is 13.8 Å². The smallest absolute Gasteiger partial charge is 0.319 e. The Labute approximate surface area is 148 Å². The summed E-state index contributed by atoms with van der Waals surface area (Å²) < 4.78 is 0. The lowest BCUT2D eigenvalue weighted by Gasteiger charge is -2.36. The number of amides is 4. The Kier molecular flexibility index (Phi) is 6.01. The Morgan fingerprint density at radius 3 is 2.16 bits per heavy atom. The van der Waals surface area contributed by atoms with Crippen LogP contribution in [0.25, 0.3) is 0 Å². The highest BCUT2D eigenvalue weighted by molar-refractivity contribution is 5.96. The third-order valence-corrected chi connectivity index (χ3v) is 4.45. The van der Waals surface area contributed by atoms with Crippen molar-refractivity contribution in [1.82, 2.24) is 20.0 Å². The van der Waals surface area contributed by atoms with Gasteiger partial charge in [0.25, 0.3) is 5.91 Å². The van der Waals surface area contributed by atoms with Crippen molar-refractivity contribution in [3.05, 3.63) is 34.9 Å². The zero-order chi connectivity index (χ0) is 18.6. The number of carbonyl (C=O) groups is 3. The SMILES string of the molecule is Cc1ccc(C(=O)NCC(=O)N2CCN(C(=O)N(C)C)CC2)cc1C. The zero-order valence-corrected chi connectivity index (χ0v) is 15.3. The number of nitrogens with zero attached hydrogens (tertiary/aromatic N) is 3. The maximum Gasteiger partial charge on any atom is 0.319 e. The first kappa shape index (κ1) is 18.8. The molecule has 0 aromatic heterocycles. The van der Waals surface area contributed by atoms with Gasteiger partial charge in [0.1, 0.15) is 0 Å². The van der Waals surface area contributed by atoms with Crippen LogP contribution in [0.3, 0.4) is 0 Å². The maximum atomic E-state index is 12.3. The van der Waals surface area contributed by atoms with E-state index in [4.69, 9.17) is 0 Å². The average Bonchev–Trinajstić information content (AvgIpc) is 2.61. The molecule has 0 aliphatic carbocycles. The van der Waals surface area contributed by atoms with Crippen LogP contribution in [0.5, 0.6) is 0 Å². The second kappa shape index (κ2) is 8.00. The summed E-state index contributed by atoms with van der Waals surface area (Å²) in [6.07, 6.45) is 0. The van der Waals surface area contributed by atoms with E-state index in [1.807, 2.05) is 26.0 Å². The molecule has 0 bridgehead atoms. The van der Waals surface area contributed by atoms with Crippen LogP contribution in [0.4, 0.5) is 4.79 Å². The van der Waals surface area contributed by atoms with Gasteiger partial charge in [-0.05, 0) is 37.1 Å². The lowest BCUT2D eigenvalue weighted by Crippen LogP contribution is -2.54. The van der Waals surface area contributed by atoms with Gasteiger partial charge in [-0.15, -0.1) is 0 Å². The van der Waals surface area contributed by atoms with Crippen LogP contribution in [-0.4, -0.2) is 79.4 Å². The van der Waals surface area contributed by atoms with E-state index in [0.717, 1.165) is 11.1 Å². The van der Waals surface area contributed by atoms with Crippen molar-refractivity contribution < 1.29 is 14.4 Å². The number of rotatable bonds is 3. The van der Waals surface area contributed by atoms with Gasteiger partial charge >= 0.3 is 6.03 Å². The van der Waals surface area contributed by atoms with Crippen molar-refractivity contribution in [2.24, 2.45) is 0 Å². The van der Waals surface area contributed by atoms with Gasteiger partial charge in [0, 0.05) is 45.8 Å². The maximum absolute atomic E-state index is 12.3. The van der Waals surface area contributed by atoms with Gasteiger partial charge in [-0.1, -0.05) is 6.07 Å². The van der Waals surface area contributed by atoms with Gasteiger partial charge in [-0.25, -0.2) is 4.79 Å². The first-order valence-corrected chi connectivity index (χ1v) is 8.39. The van der Waals surface area contributed by atoms with Crippen molar-refractivity contribution in [1.29, 1.82) is 0 Å². The molecule has 136 valence electrons. The zero-order valence-electron chi connectivity index (χ0n) is 15.3. The molecule has 1 heterocycles. The minimum absolute atomic E-state index is 0.0343. The van der Waals surface area contributed by atoms with Gasteiger partial charge in [-0.2, -0.15) is 0 Å². The molecule has 25 heavy (non-hydrogen) atoms. The lowest BCUT2D eigenvalue weighted by atomic mass is 10.1. The number of benzene rings is 1. The summed E-state index contributed by atoms with van der Waals surface area (Å²) in [4.78, 5) is 41.3. The van der Waals surface area contributed by atoms with E-state index in [-0.39, 0.29) is 24.4 Å². The molecule has 4 amide bonds. The molecule has 1 saturated heterocycles. The van der Waals surface area contributed by atoms with Gasteiger partial charge in [-0.3, -0.25) is 9.59 Å². The molecular weight excluding hydrogens is 320 g/mol. The molecule has 1 aliphatic rings. The second-order valence-electron chi connectivity index (χ2n) is 6.53. The summed E-state index contributed by atoms with van der Waals surface area (Å²) in [6.45, 7) is 5.89. The number of piperazine rings is 1. The van der Waals surface area contributed by atoms with Crippen LogP contribution in [0.2, 0.25) is 0 Å². The molecule has 0 radical (unpaired) electrons. The van der Waals surface area contributed by atoms with Gasteiger partial charge in [0.2, 0.25) is 5.91 Å². The number of hydrogen-bond acceptors (Lipinski definition) is 3. The molecule has 1 N–H and O–H groups in total. The second-order valence-corrected chi connectivity index (χ2v) is 6.53. The van der Waals surface area contributed by atoms with Gasteiger partial charge in [0.15, 0.2) is 0 Å². The van der Waals surface area contributed by atoms with E-state index in [1.54, 1.807) is 30.0 Å². The summed E-state index contributed by atoms with van der Waals surface area (Å²) in [5.41, 5.74) is 2.72. The molecule has 1 aromatic rings. The quantitative estimate of drug-likeness (QED) is 0.882. The lowest BCUT2D eigenvalue weighted by molar-refractivity contribution is -0.131. The van der Waals surface area contributed by atoms with E-state index >= 15 is 0 Å². The molecule has 0 atom stereocenters. The van der Waals surface area contributed by atoms with Crippen LogP contribution < -0.4 is 5.32 Å². The number of nitrogens with one attached hydrogen (secondary N) is 1. The van der Waals surface area contributed by atoms with E-state index in [9.17, 15) is 14.4 Å². The van der Waals surface area contributed by atoms with E-state index in [1.165, 1.54) is 4.90 Å². The van der Waals surface area contributed by atoms with Crippen molar-refractivity contribution in [2.75, 3.05) is 46.8 Å². The standard InChI is InChI=1S/C18H26N4O3/c1-13-5-6-15(11-14(13)2)17(24)19-12-16(23)21-7-9-22(10-8-21)18(25)20(3)4/h5-6,11H,7-10,12H2,1-4H3,(H,19,24).